The van der Waals surface area contributed by atoms with E-state index in [0.29, 0.717) is 7.18 Å². The number of rotatable bonds is 0. The fourth-order valence-electron chi connectivity index (χ4n) is 0.227. The third-order valence-corrected chi connectivity index (χ3v) is 1.05. The van der Waals surface area contributed by atoms with Crippen molar-refractivity contribution in [2.75, 3.05) is 7.18 Å². The SMILES string of the molecule is CF.c1ccsc1. The largest absolute Gasteiger partial charge is 0.255 e. The Bertz CT molecular complexity index is 64.6. The summed E-state index contributed by atoms with van der Waals surface area (Å²) in [5, 5.41) is 4.08. The molecule has 0 radical (unpaired) electrons. The van der Waals surface area contributed by atoms with E-state index in [4.69, 9.17) is 0 Å². The first-order valence-corrected chi connectivity index (χ1v) is 2.79. The predicted octanol–water partition coefficient (Wildman–Crippen LogP) is 2.33. The van der Waals surface area contributed by atoms with Crippen molar-refractivity contribution in [3.8, 4) is 0 Å². The molecular formula is C5H7FS. The normalized spacial score (nSPS) is 6.57. The highest BCUT2D eigenvalue weighted by Gasteiger charge is 1.58. The van der Waals surface area contributed by atoms with Crippen LogP contribution in [-0.4, -0.2) is 7.18 Å². The summed E-state index contributed by atoms with van der Waals surface area (Å²) in [5.74, 6) is 0. The van der Waals surface area contributed by atoms with Crippen LogP contribution in [0.3, 0.4) is 0 Å². The van der Waals surface area contributed by atoms with Crippen molar-refractivity contribution < 1.29 is 4.39 Å². The van der Waals surface area contributed by atoms with Gasteiger partial charge in [0.25, 0.3) is 0 Å². The Hall–Kier alpha value is -0.370. The zero-order valence-electron chi connectivity index (χ0n) is 4.10. The second-order valence-corrected chi connectivity index (χ2v) is 1.61. The molecule has 0 aliphatic heterocycles. The van der Waals surface area contributed by atoms with E-state index in [9.17, 15) is 4.39 Å². The molecule has 0 bridgehead atoms. The van der Waals surface area contributed by atoms with E-state index < -0.39 is 0 Å². The molecular weight excluding hydrogens is 111 g/mol. The van der Waals surface area contributed by atoms with Gasteiger partial charge in [-0.3, -0.25) is 4.39 Å². The van der Waals surface area contributed by atoms with Crippen molar-refractivity contribution >= 4 is 11.3 Å². The molecule has 0 aromatic carbocycles. The van der Waals surface area contributed by atoms with Gasteiger partial charge in [0.05, 0.1) is 7.18 Å². The molecule has 0 atom stereocenters. The van der Waals surface area contributed by atoms with Crippen LogP contribution >= 0.6 is 11.3 Å². The van der Waals surface area contributed by atoms with Crippen molar-refractivity contribution in [1.82, 2.24) is 0 Å². The van der Waals surface area contributed by atoms with Gasteiger partial charge in [-0.1, -0.05) is 12.1 Å². The van der Waals surface area contributed by atoms with Crippen molar-refractivity contribution in [3.63, 3.8) is 0 Å². The van der Waals surface area contributed by atoms with Gasteiger partial charge in [-0.15, -0.1) is 0 Å². The van der Waals surface area contributed by atoms with Gasteiger partial charge in [0, 0.05) is 0 Å². The molecule has 1 heterocycles. The van der Waals surface area contributed by atoms with E-state index in [1.807, 2.05) is 22.9 Å². The maximum absolute atomic E-state index is 9.50. The molecule has 0 aliphatic rings. The minimum atomic E-state index is 0.500. The average molecular weight is 118 g/mol. The standard InChI is InChI=1S/C4H4S.CH3F/c1-2-4-5-3-1;1-2/h1-4H;1H3. The molecule has 2 heteroatoms. The zero-order chi connectivity index (χ0) is 5.54. The quantitative estimate of drug-likeness (QED) is 0.490. The summed E-state index contributed by atoms with van der Waals surface area (Å²) in [4.78, 5) is 0. The van der Waals surface area contributed by atoms with Gasteiger partial charge in [-0.2, -0.15) is 11.3 Å². The van der Waals surface area contributed by atoms with Crippen LogP contribution in [0.25, 0.3) is 0 Å². The van der Waals surface area contributed by atoms with E-state index in [1.54, 1.807) is 11.3 Å². The van der Waals surface area contributed by atoms with Gasteiger partial charge in [-0.25, -0.2) is 0 Å². The van der Waals surface area contributed by atoms with Crippen LogP contribution < -0.4 is 0 Å². The van der Waals surface area contributed by atoms with Crippen molar-refractivity contribution in [2.45, 2.75) is 0 Å². The minimum Gasteiger partial charge on any atom is -0.255 e. The lowest BCUT2D eigenvalue weighted by molar-refractivity contribution is 0.636. The summed E-state index contributed by atoms with van der Waals surface area (Å²) in [6, 6.07) is 4.04. The van der Waals surface area contributed by atoms with Crippen LogP contribution in [0.1, 0.15) is 0 Å². The fourth-order valence-corrected chi connectivity index (χ4v) is 0.680. The van der Waals surface area contributed by atoms with E-state index in [2.05, 4.69) is 0 Å². The molecule has 1 rings (SSSR count). The Morgan fingerprint density at radius 2 is 1.57 bits per heavy atom. The topological polar surface area (TPSA) is 0 Å². The second-order valence-electron chi connectivity index (χ2n) is 0.793. The smallest absolute Gasteiger partial charge is 0.0785 e. The first-order valence-electron chi connectivity index (χ1n) is 1.85. The fraction of sp³-hybridized carbons (Fsp3) is 0.200. The Morgan fingerprint density at radius 3 is 1.71 bits per heavy atom. The first-order chi connectivity index (χ1) is 3.50. The molecule has 0 saturated carbocycles. The molecule has 0 aliphatic carbocycles. The molecule has 7 heavy (non-hydrogen) atoms. The molecule has 1 aromatic rings. The van der Waals surface area contributed by atoms with Gasteiger partial charge in [0.15, 0.2) is 0 Å². The Labute approximate surface area is 46.6 Å². The lowest BCUT2D eigenvalue weighted by Crippen LogP contribution is -1.16. The molecule has 0 spiro atoms. The number of hydrogen-bond acceptors (Lipinski definition) is 1. The third-order valence-electron chi connectivity index (χ3n) is 0.425. The molecule has 0 saturated heterocycles. The Morgan fingerprint density at radius 1 is 1.14 bits per heavy atom. The summed E-state index contributed by atoms with van der Waals surface area (Å²) >= 11 is 1.71. The molecule has 1 aromatic heterocycles. The first kappa shape index (κ1) is 6.63. The van der Waals surface area contributed by atoms with E-state index in [1.165, 1.54) is 0 Å². The minimum absolute atomic E-state index is 0.500. The lowest BCUT2D eigenvalue weighted by Gasteiger charge is -1.39. The van der Waals surface area contributed by atoms with E-state index in [-0.39, 0.29) is 0 Å². The molecule has 0 unspecified atom stereocenters. The molecule has 0 N–H and O–H groups in total. The lowest BCUT2D eigenvalue weighted by atomic mass is 10.7. The summed E-state index contributed by atoms with van der Waals surface area (Å²) in [7, 11) is 0.500. The monoisotopic (exact) mass is 118 g/mol. The molecule has 0 amide bonds. The van der Waals surface area contributed by atoms with Crippen LogP contribution in [0.5, 0.6) is 0 Å². The Balaban J connectivity index is 0.000000162. The van der Waals surface area contributed by atoms with Gasteiger partial charge >= 0.3 is 0 Å². The summed E-state index contributed by atoms with van der Waals surface area (Å²) in [6.45, 7) is 0. The van der Waals surface area contributed by atoms with Gasteiger partial charge in [0.1, 0.15) is 0 Å². The third kappa shape index (κ3) is 3.46. The van der Waals surface area contributed by atoms with E-state index in [0.717, 1.165) is 0 Å². The highest BCUT2D eigenvalue weighted by molar-refractivity contribution is 7.07. The maximum Gasteiger partial charge on any atom is 0.0785 e. The van der Waals surface area contributed by atoms with E-state index >= 15 is 0 Å². The maximum atomic E-state index is 9.50. The number of halogens is 1. The molecule has 0 fully saturated rings. The van der Waals surface area contributed by atoms with Gasteiger partial charge < -0.3 is 0 Å². The van der Waals surface area contributed by atoms with Crippen LogP contribution in [0.15, 0.2) is 22.9 Å². The van der Waals surface area contributed by atoms with Crippen molar-refractivity contribution in [3.05, 3.63) is 22.9 Å². The summed E-state index contributed by atoms with van der Waals surface area (Å²) < 4.78 is 9.50. The number of thiophene rings is 1. The number of alkyl halides is 1. The molecule has 0 nitrogen and oxygen atoms in total. The van der Waals surface area contributed by atoms with Crippen molar-refractivity contribution in [2.24, 2.45) is 0 Å². The van der Waals surface area contributed by atoms with Gasteiger partial charge in [0.2, 0.25) is 0 Å². The predicted molar refractivity (Wildman–Crippen MR) is 31.4 cm³/mol. The van der Waals surface area contributed by atoms with Crippen LogP contribution in [0.4, 0.5) is 4.39 Å². The highest BCUT2D eigenvalue weighted by Crippen LogP contribution is 1.91. The Kier molecular flexibility index (Phi) is 5.33. The highest BCUT2D eigenvalue weighted by atomic mass is 32.1. The second kappa shape index (κ2) is 5.63. The van der Waals surface area contributed by atoms with Crippen LogP contribution in [0.2, 0.25) is 0 Å². The van der Waals surface area contributed by atoms with Crippen LogP contribution in [0, 0.1) is 0 Å². The molecule has 40 valence electrons. The zero-order valence-corrected chi connectivity index (χ0v) is 4.91. The average Bonchev–Trinajstić information content (AvgIpc) is 2.23. The summed E-state index contributed by atoms with van der Waals surface area (Å²) in [5.41, 5.74) is 0. The van der Waals surface area contributed by atoms with Gasteiger partial charge in [-0.05, 0) is 10.8 Å². The van der Waals surface area contributed by atoms with Crippen LogP contribution in [-0.2, 0) is 0 Å². The number of hydrogen-bond donors (Lipinski definition) is 0. The summed E-state index contributed by atoms with van der Waals surface area (Å²) in [6.07, 6.45) is 0. The van der Waals surface area contributed by atoms with Crippen molar-refractivity contribution in [1.29, 1.82) is 0 Å².